The molecule has 2 aromatic carbocycles. The Morgan fingerprint density at radius 1 is 0.917 bits per heavy atom. The van der Waals surface area contributed by atoms with E-state index in [9.17, 15) is 9.59 Å². The summed E-state index contributed by atoms with van der Waals surface area (Å²) in [5, 5.41) is 0. The Balaban J connectivity index is 1.39. The largest absolute Gasteiger partial charge is 0.481 e. The molecule has 1 aromatic heterocycles. The first-order valence-electron chi connectivity index (χ1n) is 13.3. The van der Waals surface area contributed by atoms with Crippen LogP contribution in [-0.4, -0.2) is 33.4 Å². The third kappa shape index (κ3) is 4.45. The molecule has 2 saturated carbocycles. The van der Waals surface area contributed by atoms with Crippen molar-refractivity contribution in [2.24, 2.45) is 5.92 Å². The summed E-state index contributed by atoms with van der Waals surface area (Å²) in [6.45, 7) is 2.28. The number of amides is 1. The second-order valence-corrected chi connectivity index (χ2v) is 10.7. The second kappa shape index (κ2) is 9.57. The van der Waals surface area contributed by atoms with Crippen LogP contribution in [0.3, 0.4) is 0 Å². The van der Waals surface area contributed by atoms with E-state index in [1.54, 1.807) is 0 Å². The second-order valence-electron chi connectivity index (χ2n) is 10.7. The zero-order chi connectivity index (χ0) is 24.5. The molecule has 3 aliphatic rings. The minimum atomic E-state index is -0.435. The van der Waals surface area contributed by atoms with Crippen LogP contribution in [0.15, 0.2) is 65.5 Å². The number of nitrogens with zero attached hydrogens (tertiary/aromatic N) is 3. The number of rotatable bonds is 8. The van der Waals surface area contributed by atoms with Crippen LogP contribution in [0.1, 0.15) is 66.0 Å². The van der Waals surface area contributed by atoms with Gasteiger partial charge in [-0.3, -0.25) is 9.59 Å². The normalized spacial score (nSPS) is 18.8. The molecule has 0 unspecified atom stereocenters. The number of benzene rings is 2. The van der Waals surface area contributed by atoms with Crippen LogP contribution >= 0.6 is 0 Å². The molecule has 1 aliphatic heterocycles. The molecule has 6 rings (SSSR count). The Hall–Kier alpha value is -3.41. The van der Waals surface area contributed by atoms with E-state index in [2.05, 4.69) is 29.2 Å². The summed E-state index contributed by atoms with van der Waals surface area (Å²) >= 11 is 0. The summed E-state index contributed by atoms with van der Waals surface area (Å²) in [6.07, 6.45) is 7.47. The maximum atomic E-state index is 13.8. The summed E-state index contributed by atoms with van der Waals surface area (Å²) in [6, 6.07) is 20.3. The van der Waals surface area contributed by atoms with Crippen molar-refractivity contribution in [2.75, 3.05) is 13.1 Å². The maximum Gasteiger partial charge on any atom is 0.316 e. The van der Waals surface area contributed by atoms with Crippen molar-refractivity contribution in [1.82, 2.24) is 14.5 Å². The summed E-state index contributed by atoms with van der Waals surface area (Å²) in [5.41, 5.74) is 2.14. The van der Waals surface area contributed by atoms with Crippen LogP contribution in [0, 0.1) is 5.92 Å². The molecule has 2 heterocycles. The van der Waals surface area contributed by atoms with Crippen LogP contribution in [-0.2, 0) is 25.0 Å². The van der Waals surface area contributed by atoms with E-state index in [1.165, 1.54) is 31.2 Å². The van der Waals surface area contributed by atoms with Gasteiger partial charge in [0.2, 0.25) is 5.75 Å². The lowest BCUT2D eigenvalue weighted by molar-refractivity contribution is 0.0680. The van der Waals surface area contributed by atoms with Gasteiger partial charge in [-0.15, -0.1) is 0 Å². The predicted molar refractivity (Wildman–Crippen MR) is 138 cm³/mol. The van der Waals surface area contributed by atoms with E-state index < -0.39 is 5.56 Å². The number of fused-ring (bicyclic) bond motifs is 1. The lowest BCUT2D eigenvalue weighted by atomic mass is 9.76. The lowest BCUT2D eigenvalue weighted by Gasteiger charge is -2.35. The SMILES string of the molecule is O=C1c2c(OCc3ccccc3)c(=O)nc(CC3(c4ccccc4)CCCC3)n2CCN1CC1CC1. The highest BCUT2D eigenvalue weighted by Crippen LogP contribution is 2.43. The molecule has 0 N–H and O–H groups in total. The summed E-state index contributed by atoms with van der Waals surface area (Å²) < 4.78 is 8.05. The monoisotopic (exact) mass is 483 g/mol. The van der Waals surface area contributed by atoms with Gasteiger partial charge in [0, 0.05) is 31.5 Å². The number of carbonyl (C=O) groups excluding carboxylic acids is 1. The molecule has 3 aromatic rings. The van der Waals surface area contributed by atoms with Gasteiger partial charge in [-0.2, -0.15) is 4.98 Å². The highest BCUT2D eigenvalue weighted by molar-refractivity contribution is 5.96. The van der Waals surface area contributed by atoms with Crippen LogP contribution in [0.25, 0.3) is 0 Å². The molecule has 186 valence electrons. The molecule has 36 heavy (non-hydrogen) atoms. The Kier molecular flexibility index (Phi) is 6.12. The van der Waals surface area contributed by atoms with Gasteiger partial charge in [-0.25, -0.2) is 0 Å². The number of carbonyl (C=O) groups is 1. The van der Waals surface area contributed by atoms with Crippen molar-refractivity contribution >= 4 is 5.91 Å². The van der Waals surface area contributed by atoms with Crippen LogP contribution in [0.4, 0.5) is 0 Å². The molecule has 2 fully saturated rings. The Bertz CT molecular complexity index is 1290. The minimum Gasteiger partial charge on any atom is -0.481 e. The third-order valence-electron chi connectivity index (χ3n) is 8.15. The summed E-state index contributed by atoms with van der Waals surface area (Å²) in [7, 11) is 0. The van der Waals surface area contributed by atoms with Crippen LogP contribution in [0.2, 0.25) is 0 Å². The highest BCUT2D eigenvalue weighted by atomic mass is 16.5. The molecular weight excluding hydrogens is 450 g/mol. The Morgan fingerprint density at radius 3 is 2.31 bits per heavy atom. The zero-order valence-corrected chi connectivity index (χ0v) is 20.7. The Labute approximate surface area is 211 Å². The fourth-order valence-corrected chi connectivity index (χ4v) is 6.00. The van der Waals surface area contributed by atoms with Crippen molar-refractivity contribution in [1.29, 1.82) is 0 Å². The van der Waals surface area contributed by atoms with Crippen molar-refractivity contribution in [3.8, 4) is 5.75 Å². The molecule has 0 saturated heterocycles. The predicted octanol–water partition coefficient (Wildman–Crippen LogP) is 4.74. The summed E-state index contributed by atoms with van der Waals surface area (Å²) in [5.74, 6) is 1.29. The van der Waals surface area contributed by atoms with Gasteiger partial charge in [0.05, 0.1) is 0 Å². The third-order valence-corrected chi connectivity index (χ3v) is 8.15. The molecule has 0 spiro atoms. The maximum absolute atomic E-state index is 13.8. The van der Waals surface area contributed by atoms with Crippen molar-refractivity contribution in [3.63, 3.8) is 0 Å². The van der Waals surface area contributed by atoms with Crippen molar-refractivity contribution in [3.05, 3.63) is 93.7 Å². The molecule has 0 atom stereocenters. The molecule has 1 amide bonds. The minimum absolute atomic E-state index is 0.0535. The van der Waals surface area contributed by atoms with Crippen molar-refractivity contribution < 1.29 is 9.53 Å². The number of hydrogen-bond acceptors (Lipinski definition) is 4. The van der Waals surface area contributed by atoms with E-state index in [4.69, 9.17) is 4.74 Å². The fraction of sp³-hybridized carbons (Fsp3) is 0.433. The number of aromatic nitrogens is 2. The standard InChI is InChI=1S/C30H33N3O3/c34-28-27(36-21-23-9-3-1-4-10-23)26-29(35)32(20-22-13-14-22)17-18-33(26)25(31-28)19-30(15-7-8-16-30)24-11-5-2-6-12-24/h1-6,9-12,22H,7-8,13-21H2. The number of ether oxygens (including phenoxy) is 1. The van der Waals surface area contributed by atoms with Gasteiger partial charge in [-0.1, -0.05) is 73.5 Å². The lowest BCUT2D eigenvalue weighted by Crippen LogP contribution is -2.45. The first kappa shape index (κ1) is 23.0. The van der Waals surface area contributed by atoms with Gasteiger partial charge in [0.1, 0.15) is 12.4 Å². The quantitative estimate of drug-likeness (QED) is 0.464. The van der Waals surface area contributed by atoms with Crippen LogP contribution in [0.5, 0.6) is 5.75 Å². The molecule has 2 aliphatic carbocycles. The van der Waals surface area contributed by atoms with Gasteiger partial charge < -0.3 is 14.2 Å². The first-order valence-corrected chi connectivity index (χ1v) is 13.3. The summed E-state index contributed by atoms with van der Waals surface area (Å²) in [4.78, 5) is 33.7. The zero-order valence-electron chi connectivity index (χ0n) is 20.7. The van der Waals surface area contributed by atoms with E-state index >= 15 is 0 Å². The Morgan fingerprint density at radius 2 is 1.61 bits per heavy atom. The van der Waals surface area contributed by atoms with E-state index in [-0.39, 0.29) is 23.7 Å². The van der Waals surface area contributed by atoms with Gasteiger partial charge in [0.25, 0.3) is 5.91 Å². The molecule has 6 nitrogen and oxygen atoms in total. The average Bonchev–Trinajstić information content (AvgIpc) is 3.60. The first-order chi connectivity index (χ1) is 17.6. The number of hydrogen-bond donors (Lipinski definition) is 0. The van der Waals surface area contributed by atoms with Gasteiger partial charge in [0.15, 0.2) is 5.69 Å². The van der Waals surface area contributed by atoms with E-state index in [1.807, 2.05) is 45.9 Å². The smallest absolute Gasteiger partial charge is 0.316 e. The molecule has 6 heteroatoms. The molecule has 0 bridgehead atoms. The average molecular weight is 484 g/mol. The van der Waals surface area contributed by atoms with E-state index in [0.717, 1.165) is 24.9 Å². The van der Waals surface area contributed by atoms with Gasteiger partial charge >= 0.3 is 5.56 Å². The van der Waals surface area contributed by atoms with Gasteiger partial charge in [-0.05, 0) is 42.7 Å². The van der Waals surface area contributed by atoms with Crippen molar-refractivity contribution in [2.45, 2.75) is 63.5 Å². The fourth-order valence-electron chi connectivity index (χ4n) is 6.00. The molecular formula is C30H33N3O3. The van der Waals surface area contributed by atoms with Crippen LogP contribution < -0.4 is 10.3 Å². The van der Waals surface area contributed by atoms with E-state index in [0.29, 0.717) is 36.9 Å². The highest BCUT2D eigenvalue weighted by Gasteiger charge is 2.40. The molecule has 0 radical (unpaired) electrons. The topological polar surface area (TPSA) is 64.4 Å².